The molecule has 0 unspecified atom stereocenters. The predicted octanol–water partition coefficient (Wildman–Crippen LogP) is 3.43. The van der Waals surface area contributed by atoms with Crippen LogP contribution >= 0.6 is 0 Å². The second-order valence-electron chi connectivity index (χ2n) is 7.85. The number of H-pyrrole nitrogens is 1. The van der Waals surface area contributed by atoms with E-state index < -0.39 is 5.56 Å². The van der Waals surface area contributed by atoms with E-state index in [1.165, 1.54) is 14.2 Å². The highest BCUT2D eigenvalue weighted by Gasteiger charge is 2.25. The fourth-order valence-corrected chi connectivity index (χ4v) is 3.57. The molecule has 9 nitrogen and oxygen atoms in total. The number of unbranched alkanes of at least 4 members (excludes halogenated alkanes) is 1. The summed E-state index contributed by atoms with van der Waals surface area (Å²) >= 11 is 0. The molecule has 186 valence electrons. The van der Waals surface area contributed by atoms with E-state index in [9.17, 15) is 14.7 Å². The SMILES string of the molecule is C#CCNC(=O)C/C(C)=N/N=C(\C)c1c(O)c(-c2c(OC)cccc2OC)c(CCCC)[nH]c1=O. The molecule has 1 amide bonds. The van der Waals surface area contributed by atoms with Crippen molar-refractivity contribution in [3.05, 3.63) is 39.8 Å². The number of pyridine rings is 1. The van der Waals surface area contributed by atoms with Crippen molar-refractivity contribution in [2.45, 2.75) is 46.5 Å². The summed E-state index contributed by atoms with van der Waals surface area (Å²) < 4.78 is 11.1. The van der Waals surface area contributed by atoms with Gasteiger partial charge in [-0.25, -0.2) is 0 Å². The molecular weight excluding hydrogens is 448 g/mol. The fraction of sp³-hybridized carbons (Fsp3) is 0.385. The molecule has 1 aromatic heterocycles. The number of benzene rings is 1. The van der Waals surface area contributed by atoms with Crippen LogP contribution in [0.15, 0.2) is 33.2 Å². The molecule has 2 rings (SSSR count). The van der Waals surface area contributed by atoms with Gasteiger partial charge >= 0.3 is 0 Å². The Hall–Kier alpha value is -4.06. The number of carbonyl (C=O) groups excluding carboxylic acids is 1. The van der Waals surface area contributed by atoms with E-state index in [0.717, 1.165) is 12.8 Å². The van der Waals surface area contributed by atoms with Gasteiger partial charge in [-0.1, -0.05) is 25.3 Å². The molecular formula is C26H32N4O5. The van der Waals surface area contributed by atoms with Crippen molar-refractivity contribution in [1.29, 1.82) is 0 Å². The van der Waals surface area contributed by atoms with Crippen LogP contribution < -0.4 is 20.3 Å². The number of hydrogen-bond donors (Lipinski definition) is 3. The molecule has 0 atom stereocenters. The Morgan fingerprint density at radius 3 is 2.40 bits per heavy atom. The molecule has 0 saturated carbocycles. The minimum Gasteiger partial charge on any atom is -0.506 e. The summed E-state index contributed by atoms with van der Waals surface area (Å²) in [6.07, 6.45) is 7.38. The topological polar surface area (TPSA) is 125 Å². The zero-order chi connectivity index (χ0) is 26.0. The number of rotatable bonds is 11. The smallest absolute Gasteiger partial charge is 0.261 e. The third-order valence-electron chi connectivity index (χ3n) is 5.26. The molecule has 1 heterocycles. The number of amides is 1. The standard InChI is InChI=1S/C26H32N4O5/c1-7-9-11-18-23(24-19(34-5)12-10-13-20(24)35-6)25(32)22(26(33)28-18)17(4)30-29-16(3)15-21(31)27-14-8-2/h2,10,12-13H,7,9,11,14-15H2,1,3-6H3,(H,27,31)(H2,28,32,33)/b29-16+,30-17+. The molecule has 3 N–H and O–H groups in total. The van der Waals surface area contributed by atoms with Crippen LogP contribution in [0.5, 0.6) is 17.2 Å². The van der Waals surface area contributed by atoms with Crippen molar-refractivity contribution >= 4 is 17.3 Å². The van der Waals surface area contributed by atoms with Crippen molar-refractivity contribution in [3.8, 4) is 40.7 Å². The highest BCUT2D eigenvalue weighted by molar-refractivity contribution is 6.04. The number of aromatic hydroxyl groups is 1. The number of methoxy groups -OCH3 is 2. The van der Waals surface area contributed by atoms with E-state index >= 15 is 0 Å². The first-order valence-corrected chi connectivity index (χ1v) is 11.3. The van der Waals surface area contributed by atoms with Gasteiger partial charge in [-0.3, -0.25) is 9.59 Å². The summed E-state index contributed by atoms with van der Waals surface area (Å²) in [6.45, 7) is 5.36. The monoisotopic (exact) mass is 480 g/mol. The van der Waals surface area contributed by atoms with Crippen molar-refractivity contribution in [3.63, 3.8) is 0 Å². The number of terminal acetylenes is 1. The molecule has 0 aliphatic rings. The number of carbonyl (C=O) groups is 1. The Kier molecular flexibility index (Phi) is 10.1. The Morgan fingerprint density at radius 1 is 1.17 bits per heavy atom. The van der Waals surface area contributed by atoms with Crippen LogP contribution in [0.2, 0.25) is 0 Å². The lowest BCUT2D eigenvalue weighted by Gasteiger charge is -2.19. The van der Waals surface area contributed by atoms with Gasteiger partial charge in [-0.2, -0.15) is 10.2 Å². The zero-order valence-corrected chi connectivity index (χ0v) is 20.8. The van der Waals surface area contributed by atoms with E-state index in [4.69, 9.17) is 15.9 Å². The Bertz CT molecular complexity index is 1200. The van der Waals surface area contributed by atoms with Crippen LogP contribution in [-0.2, 0) is 11.2 Å². The normalized spacial score (nSPS) is 11.7. The summed E-state index contributed by atoms with van der Waals surface area (Å²) in [6, 6.07) is 5.29. The summed E-state index contributed by atoms with van der Waals surface area (Å²) in [5.41, 5.74) is 1.58. The number of hydrogen-bond acceptors (Lipinski definition) is 7. The molecule has 2 aromatic rings. The van der Waals surface area contributed by atoms with Gasteiger partial charge in [0.25, 0.3) is 5.56 Å². The van der Waals surface area contributed by atoms with E-state index in [2.05, 4.69) is 26.4 Å². The lowest BCUT2D eigenvalue weighted by Crippen LogP contribution is -2.25. The zero-order valence-electron chi connectivity index (χ0n) is 20.8. The van der Waals surface area contributed by atoms with E-state index in [1.54, 1.807) is 32.0 Å². The molecule has 0 aliphatic carbocycles. The van der Waals surface area contributed by atoms with Crippen molar-refractivity contribution < 1.29 is 19.4 Å². The quantitative estimate of drug-likeness (QED) is 0.258. The highest BCUT2D eigenvalue weighted by Crippen LogP contribution is 2.44. The maximum Gasteiger partial charge on any atom is 0.261 e. The molecule has 0 spiro atoms. The van der Waals surface area contributed by atoms with Gasteiger partial charge in [-0.15, -0.1) is 6.42 Å². The van der Waals surface area contributed by atoms with Crippen LogP contribution in [-0.4, -0.2) is 48.2 Å². The summed E-state index contributed by atoms with van der Waals surface area (Å²) in [7, 11) is 3.05. The average Bonchev–Trinajstić information content (AvgIpc) is 2.84. The first-order chi connectivity index (χ1) is 16.8. The molecule has 0 saturated heterocycles. The fourth-order valence-electron chi connectivity index (χ4n) is 3.57. The molecule has 0 radical (unpaired) electrons. The van der Waals surface area contributed by atoms with E-state index in [1.807, 2.05) is 6.92 Å². The lowest BCUT2D eigenvalue weighted by atomic mass is 9.95. The predicted molar refractivity (Wildman–Crippen MR) is 138 cm³/mol. The Balaban J connectivity index is 2.65. The van der Waals surface area contributed by atoms with Crippen LogP contribution in [0.3, 0.4) is 0 Å². The highest BCUT2D eigenvalue weighted by atomic mass is 16.5. The Morgan fingerprint density at radius 2 is 1.83 bits per heavy atom. The number of nitrogens with one attached hydrogen (secondary N) is 2. The van der Waals surface area contributed by atoms with Gasteiger partial charge in [0.05, 0.1) is 44.0 Å². The molecule has 0 fully saturated rings. The van der Waals surface area contributed by atoms with E-state index in [-0.39, 0.29) is 35.9 Å². The summed E-state index contributed by atoms with van der Waals surface area (Å²) in [5.74, 6) is 2.76. The third-order valence-corrected chi connectivity index (χ3v) is 5.26. The van der Waals surface area contributed by atoms with Crippen molar-refractivity contribution in [2.24, 2.45) is 10.2 Å². The van der Waals surface area contributed by atoms with Crippen LogP contribution in [0, 0.1) is 12.3 Å². The van der Waals surface area contributed by atoms with Crippen LogP contribution in [0.4, 0.5) is 0 Å². The maximum atomic E-state index is 13.0. The number of nitrogens with zero attached hydrogens (tertiary/aromatic N) is 2. The third kappa shape index (κ3) is 6.73. The second kappa shape index (κ2) is 13.0. The number of aromatic amines is 1. The van der Waals surface area contributed by atoms with Crippen molar-refractivity contribution in [2.75, 3.05) is 20.8 Å². The van der Waals surface area contributed by atoms with Crippen molar-refractivity contribution in [1.82, 2.24) is 10.3 Å². The second-order valence-corrected chi connectivity index (χ2v) is 7.85. The molecule has 0 bridgehead atoms. The first kappa shape index (κ1) is 27.2. The number of aryl methyl sites for hydroxylation is 1. The average molecular weight is 481 g/mol. The minimum atomic E-state index is -0.493. The lowest BCUT2D eigenvalue weighted by molar-refractivity contribution is -0.119. The van der Waals surface area contributed by atoms with Crippen LogP contribution in [0.1, 0.15) is 51.3 Å². The van der Waals surface area contributed by atoms with Gasteiger partial charge in [0.15, 0.2) is 0 Å². The largest absolute Gasteiger partial charge is 0.506 e. The van der Waals surface area contributed by atoms with E-state index in [0.29, 0.717) is 40.5 Å². The molecule has 1 aromatic carbocycles. The van der Waals surface area contributed by atoms with Gasteiger partial charge in [0.2, 0.25) is 5.91 Å². The van der Waals surface area contributed by atoms with Gasteiger partial charge in [0, 0.05) is 11.4 Å². The first-order valence-electron chi connectivity index (χ1n) is 11.3. The van der Waals surface area contributed by atoms with Crippen LogP contribution in [0.25, 0.3) is 11.1 Å². The summed E-state index contributed by atoms with van der Waals surface area (Å²) in [4.78, 5) is 27.7. The van der Waals surface area contributed by atoms with Gasteiger partial charge in [0.1, 0.15) is 22.8 Å². The molecule has 35 heavy (non-hydrogen) atoms. The minimum absolute atomic E-state index is 0.000415. The maximum absolute atomic E-state index is 13.0. The Labute approximate surface area is 205 Å². The number of aromatic nitrogens is 1. The van der Waals surface area contributed by atoms with Gasteiger partial charge < -0.3 is 24.9 Å². The molecule has 0 aliphatic heterocycles. The van der Waals surface area contributed by atoms with Gasteiger partial charge in [-0.05, 0) is 38.8 Å². The number of ether oxygens (including phenoxy) is 2. The summed E-state index contributed by atoms with van der Waals surface area (Å²) in [5, 5.41) is 22.1. The molecule has 9 heteroatoms.